The number of thiophene rings is 1. The number of aromatic nitrogens is 2. The molecule has 116 valence electrons. The number of rotatable bonds is 6. The standard InChI is InChI=1S/C10H14N4O4S3/c1-2-14-6-9(12-7-14)21(17,18)13-5-8-3-4-10(19-8)20(11,15)16/h3-4,6-7,13H,2,5H2,1H3,(H2,11,15,16). The number of nitrogens with zero attached hydrogens (tertiary/aromatic N) is 2. The zero-order valence-electron chi connectivity index (χ0n) is 11.1. The van der Waals surface area contributed by atoms with Crippen molar-refractivity contribution in [3.63, 3.8) is 0 Å². The molecule has 0 bridgehead atoms. The first-order valence-electron chi connectivity index (χ1n) is 5.85. The topological polar surface area (TPSA) is 124 Å². The van der Waals surface area contributed by atoms with Crippen LogP contribution in [0.4, 0.5) is 0 Å². The maximum absolute atomic E-state index is 12.0. The highest BCUT2D eigenvalue weighted by Gasteiger charge is 2.18. The summed E-state index contributed by atoms with van der Waals surface area (Å²) in [7, 11) is -7.49. The highest BCUT2D eigenvalue weighted by atomic mass is 32.2. The molecular weight excluding hydrogens is 336 g/mol. The van der Waals surface area contributed by atoms with Crippen LogP contribution >= 0.6 is 11.3 Å². The van der Waals surface area contributed by atoms with E-state index >= 15 is 0 Å². The second-order valence-corrected chi connectivity index (χ2v) is 8.80. The van der Waals surface area contributed by atoms with Crippen molar-refractivity contribution in [3.05, 3.63) is 29.5 Å². The summed E-state index contributed by atoms with van der Waals surface area (Å²) in [6.45, 7) is 2.46. The Balaban J connectivity index is 2.10. The number of sulfonamides is 2. The zero-order chi connectivity index (χ0) is 15.7. The van der Waals surface area contributed by atoms with E-state index in [1.807, 2.05) is 6.92 Å². The van der Waals surface area contributed by atoms with Gasteiger partial charge < -0.3 is 4.57 Å². The third kappa shape index (κ3) is 3.89. The molecule has 0 aliphatic rings. The Bertz CT molecular complexity index is 835. The van der Waals surface area contributed by atoms with Gasteiger partial charge in [-0.25, -0.2) is 31.7 Å². The average molecular weight is 350 g/mol. The molecule has 2 aromatic heterocycles. The molecule has 0 fully saturated rings. The van der Waals surface area contributed by atoms with Crippen molar-refractivity contribution in [2.45, 2.75) is 29.2 Å². The average Bonchev–Trinajstić information content (AvgIpc) is 3.05. The van der Waals surface area contributed by atoms with Gasteiger partial charge in [0, 0.05) is 24.2 Å². The van der Waals surface area contributed by atoms with E-state index in [9.17, 15) is 16.8 Å². The lowest BCUT2D eigenvalue weighted by molar-refractivity contribution is 0.578. The first-order chi connectivity index (χ1) is 9.72. The van der Waals surface area contributed by atoms with Crippen molar-refractivity contribution in [3.8, 4) is 0 Å². The molecule has 0 saturated carbocycles. The van der Waals surface area contributed by atoms with Crippen LogP contribution in [0.5, 0.6) is 0 Å². The van der Waals surface area contributed by atoms with Crippen LogP contribution in [-0.4, -0.2) is 26.4 Å². The van der Waals surface area contributed by atoms with Gasteiger partial charge in [0.2, 0.25) is 10.0 Å². The Kier molecular flexibility index (Phi) is 4.49. The van der Waals surface area contributed by atoms with E-state index in [2.05, 4.69) is 9.71 Å². The van der Waals surface area contributed by atoms with Crippen LogP contribution in [0.15, 0.2) is 33.9 Å². The number of nitrogens with two attached hydrogens (primary N) is 1. The van der Waals surface area contributed by atoms with Gasteiger partial charge in [-0.1, -0.05) is 0 Å². The minimum atomic E-state index is -3.76. The Hall–Kier alpha value is -1.27. The zero-order valence-corrected chi connectivity index (χ0v) is 13.5. The molecule has 0 radical (unpaired) electrons. The minimum Gasteiger partial charge on any atom is -0.336 e. The lowest BCUT2D eigenvalue weighted by Crippen LogP contribution is -2.23. The van der Waals surface area contributed by atoms with Crippen LogP contribution < -0.4 is 9.86 Å². The fraction of sp³-hybridized carbons (Fsp3) is 0.300. The lowest BCUT2D eigenvalue weighted by Gasteiger charge is -2.02. The predicted octanol–water partition coefficient (Wildman–Crippen LogP) is 0.0904. The van der Waals surface area contributed by atoms with Gasteiger partial charge in [0.05, 0.1) is 6.33 Å². The summed E-state index contributed by atoms with van der Waals surface area (Å²) in [4.78, 5) is 4.35. The fourth-order valence-electron chi connectivity index (χ4n) is 1.50. The normalized spacial score (nSPS) is 12.7. The van der Waals surface area contributed by atoms with E-state index in [1.54, 1.807) is 4.57 Å². The Morgan fingerprint density at radius 2 is 2.05 bits per heavy atom. The third-order valence-corrected chi connectivity index (χ3v) is 6.41. The summed E-state index contributed by atoms with van der Waals surface area (Å²) in [6.07, 6.45) is 2.85. The van der Waals surface area contributed by atoms with Crippen LogP contribution in [0, 0.1) is 0 Å². The van der Waals surface area contributed by atoms with Gasteiger partial charge in [-0.2, -0.15) is 0 Å². The molecule has 2 rings (SSSR count). The summed E-state index contributed by atoms with van der Waals surface area (Å²) in [5.74, 6) is 0. The maximum Gasteiger partial charge on any atom is 0.259 e. The van der Waals surface area contributed by atoms with Gasteiger partial charge in [0.15, 0.2) is 5.03 Å². The summed E-state index contributed by atoms with van der Waals surface area (Å²) in [6, 6.07) is 2.85. The van der Waals surface area contributed by atoms with Gasteiger partial charge in [-0.15, -0.1) is 11.3 Å². The number of hydrogen-bond donors (Lipinski definition) is 2. The summed E-state index contributed by atoms with van der Waals surface area (Å²) in [5, 5.41) is 4.92. The summed E-state index contributed by atoms with van der Waals surface area (Å²) < 4.78 is 50.3. The smallest absolute Gasteiger partial charge is 0.259 e. The first-order valence-corrected chi connectivity index (χ1v) is 9.70. The fourth-order valence-corrected chi connectivity index (χ4v) is 4.26. The van der Waals surface area contributed by atoms with Crippen molar-refractivity contribution < 1.29 is 16.8 Å². The number of primary sulfonamides is 1. The van der Waals surface area contributed by atoms with Gasteiger partial charge in [-0.3, -0.25) is 0 Å². The maximum atomic E-state index is 12.0. The number of nitrogens with one attached hydrogen (secondary N) is 1. The van der Waals surface area contributed by atoms with Crippen LogP contribution in [0.25, 0.3) is 0 Å². The van der Waals surface area contributed by atoms with Crippen molar-refractivity contribution in [2.24, 2.45) is 5.14 Å². The van der Waals surface area contributed by atoms with E-state index in [-0.39, 0.29) is 15.8 Å². The molecule has 0 amide bonds. The molecular formula is C10H14N4O4S3. The van der Waals surface area contributed by atoms with Crippen molar-refractivity contribution in [1.29, 1.82) is 0 Å². The van der Waals surface area contributed by atoms with E-state index < -0.39 is 20.0 Å². The highest BCUT2D eigenvalue weighted by molar-refractivity contribution is 7.91. The molecule has 0 aromatic carbocycles. The molecule has 21 heavy (non-hydrogen) atoms. The molecule has 2 aromatic rings. The molecule has 0 saturated heterocycles. The largest absolute Gasteiger partial charge is 0.336 e. The SMILES string of the molecule is CCn1cnc(S(=O)(=O)NCc2ccc(S(N)(=O)=O)s2)c1. The van der Waals surface area contributed by atoms with Gasteiger partial charge in [0.25, 0.3) is 10.0 Å². The van der Waals surface area contributed by atoms with Crippen molar-refractivity contribution >= 4 is 31.4 Å². The molecule has 11 heteroatoms. The molecule has 0 unspecified atom stereocenters. The first kappa shape index (κ1) is 16.1. The lowest BCUT2D eigenvalue weighted by atomic mass is 10.5. The van der Waals surface area contributed by atoms with Crippen molar-refractivity contribution in [2.75, 3.05) is 0 Å². The van der Waals surface area contributed by atoms with Crippen LogP contribution in [0.1, 0.15) is 11.8 Å². The molecule has 0 atom stereocenters. The van der Waals surface area contributed by atoms with E-state index in [0.29, 0.717) is 11.4 Å². The Labute approximate surface area is 126 Å². The van der Waals surface area contributed by atoms with Crippen LogP contribution in [0.3, 0.4) is 0 Å². The second kappa shape index (κ2) is 5.85. The second-order valence-electron chi connectivity index (χ2n) is 4.13. The Morgan fingerprint density at radius 1 is 1.33 bits per heavy atom. The van der Waals surface area contributed by atoms with Gasteiger partial charge in [0.1, 0.15) is 4.21 Å². The number of hydrogen-bond acceptors (Lipinski definition) is 6. The number of aryl methyl sites for hydroxylation is 1. The molecule has 3 N–H and O–H groups in total. The number of imidazole rings is 1. The van der Waals surface area contributed by atoms with E-state index in [4.69, 9.17) is 5.14 Å². The summed E-state index contributed by atoms with van der Waals surface area (Å²) >= 11 is 0.920. The monoisotopic (exact) mass is 350 g/mol. The molecule has 0 aliphatic carbocycles. The van der Waals surface area contributed by atoms with Crippen LogP contribution in [0.2, 0.25) is 0 Å². The van der Waals surface area contributed by atoms with Crippen molar-refractivity contribution in [1.82, 2.24) is 14.3 Å². The van der Waals surface area contributed by atoms with Crippen LogP contribution in [-0.2, 0) is 33.1 Å². The minimum absolute atomic E-state index is 0.00745. The molecule has 0 aliphatic heterocycles. The molecule has 2 heterocycles. The van der Waals surface area contributed by atoms with E-state index in [0.717, 1.165) is 11.3 Å². The van der Waals surface area contributed by atoms with Gasteiger partial charge >= 0.3 is 0 Å². The highest BCUT2D eigenvalue weighted by Crippen LogP contribution is 2.20. The quantitative estimate of drug-likeness (QED) is 0.764. The van der Waals surface area contributed by atoms with Gasteiger partial charge in [-0.05, 0) is 19.1 Å². The summed E-state index contributed by atoms with van der Waals surface area (Å²) in [5.41, 5.74) is 0. The molecule has 0 spiro atoms. The third-order valence-electron chi connectivity index (χ3n) is 2.60. The van der Waals surface area contributed by atoms with E-state index in [1.165, 1.54) is 24.7 Å². The molecule has 8 nitrogen and oxygen atoms in total. The predicted molar refractivity (Wildman–Crippen MR) is 77.6 cm³/mol. The Morgan fingerprint density at radius 3 is 2.57 bits per heavy atom.